The van der Waals surface area contributed by atoms with E-state index in [4.69, 9.17) is 9.26 Å². The Balaban J connectivity index is 1.43. The molecule has 10 heteroatoms. The Labute approximate surface area is 288 Å². The molecule has 0 bridgehead atoms. The summed E-state index contributed by atoms with van der Waals surface area (Å²) in [6, 6.07) is 21.0. The number of hydrogen-bond donors (Lipinski definition) is 3. The summed E-state index contributed by atoms with van der Waals surface area (Å²) in [6.45, 7) is 11.9. The van der Waals surface area contributed by atoms with Gasteiger partial charge in [-0.1, -0.05) is 94.9 Å². The van der Waals surface area contributed by atoms with E-state index < -0.39 is 29.4 Å². The summed E-state index contributed by atoms with van der Waals surface area (Å²) < 4.78 is 11.4. The number of ether oxygens (including phenoxy) is 1. The van der Waals surface area contributed by atoms with Gasteiger partial charge in [-0.2, -0.15) is 4.98 Å². The van der Waals surface area contributed by atoms with E-state index >= 15 is 0 Å². The second-order valence-electron chi connectivity index (χ2n) is 13.9. The van der Waals surface area contributed by atoms with E-state index in [-0.39, 0.29) is 11.8 Å². The predicted octanol–water partition coefficient (Wildman–Crippen LogP) is 7.37. The molecule has 0 aliphatic carbocycles. The molecule has 10 nitrogen and oxygen atoms in total. The van der Waals surface area contributed by atoms with Gasteiger partial charge in [-0.05, 0) is 73.2 Å². The summed E-state index contributed by atoms with van der Waals surface area (Å²) in [6.07, 6.45) is 6.03. The summed E-state index contributed by atoms with van der Waals surface area (Å²) in [5.41, 5.74) is 2.07. The van der Waals surface area contributed by atoms with Gasteiger partial charge in [-0.15, -0.1) is 0 Å². The molecule has 4 aromatic rings. The largest absolute Gasteiger partial charge is 0.494 e. The van der Waals surface area contributed by atoms with E-state index in [1.54, 1.807) is 12.1 Å². The molecule has 2 amide bonds. The van der Waals surface area contributed by atoms with Crippen molar-refractivity contribution >= 4 is 17.8 Å². The van der Waals surface area contributed by atoms with Crippen LogP contribution in [-0.4, -0.2) is 51.2 Å². The number of unbranched alkanes of at least 4 members (excludes halogenated alkanes) is 4. The van der Waals surface area contributed by atoms with Crippen molar-refractivity contribution in [3.63, 3.8) is 0 Å². The highest BCUT2D eigenvalue weighted by atomic mass is 16.5. The van der Waals surface area contributed by atoms with Crippen molar-refractivity contribution in [1.29, 1.82) is 0 Å². The molecule has 49 heavy (non-hydrogen) atoms. The van der Waals surface area contributed by atoms with Gasteiger partial charge >= 0.3 is 5.97 Å². The summed E-state index contributed by atoms with van der Waals surface area (Å²) in [4.78, 5) is 42.9. The van der Waals surface area contributed by atoms with Crippen molar-refractivity contribution in [2.75, 3.05) is 6.61 Å². The quantitative estimate of drug-likeness (QED) is 0.105. The van der Waals surface area contributed by atoms with Gasteiger partial charge in [0.05, 0.1) is 6.61 Å². The fraction of sp³-hybridized carbons (Fsp3) is 0.410. The third-order valence-electron chi connectivity index (χ3n) is 8.30. The molecular weight excluding hydrogens is 620 g/mol. The Hall–Kier alpha value is -4.99. The number of rotatable bonds is 16. The lowest BCUT2D eigenvalue weighted by Crippen LogP contribution is -2.57. The van der Waals surface area contributed by atoms with Crippen LogP contribution in [0, 0.1) is 0 Å². The van der Waals surface area contributed by atoms with Crippen molar-refractivity contribution in [2.24, 2.45) is 0 Å². The summed E-state index contributed by atoms with van der Waals surface area (Å²) in [7, 11) is 0. The Kier molecular flexibility index (Phi) is 12.3. The molecule has 0 saturated carbocycles. The monoisotopic (exact) mass is 668 g/mol. The molecule has 0 aliphatic heterocycles. The average Bonchev–Trinajstić information content (AvgIpc) is 3.56. The van der Waals surface area contributed by atoms with Crippen LogP contribution in [0.3, 0.4) is 0 Å². The molecule has 0 aliphatic rings. The smallest absolute Gasteiger partial charge is 0.328 e. The highest BCUT2D eigenvalue weighted by Crippen LogP contribution is 2.25. The second kappa shape index (κ2) is 16.4. The van der Waals surface area contributed by atoms with Crippen LogP contribution in [-0.2, 0) is 21.4 Å². The van der Waals surface area contributed by atoms with Crippen LogP contribution in [0.25, 0.3) is 22.8 Å². The van der Waals surface area contributed by atoms with E-state index in [2.05, 4.69) is 48.5 Å². The molecule has 1 aromatic heterocycles. The van der Waals surface area contributed by atoms with Crippen LogP contribution in [0.15, 0.2) is 77.3 Å². The number of aromatic nitrogens is 2. The van der Waals surface area contributed by atoms with Crippen LogP contribution in [0.5, 0.6) is 5.75 Å². The van der Waals surface area contributed by atoms with Gasteiger partial charge in [0, 0.05) is 23.1 Å². The first-order valence-electron chi connectivity index (χ1n) is 16.9. The number of nitrogens with zero attached hydrogens (tertiary/aromatic N) is 2. The number of amides is 2. The molecule has 3 aromatic carbocycles. The Morgan fingerprint density at radius 2 is 1.47 bits per heavy atom. The van der Waals surface area contributed by atoms with E-state index in [1.165, 1.54) is 39.5 Å². The van der Waals surface area contributed by atoms with E-state index in [9.17, 15) is 19.5 Å². The first kappa shape index (κ1) is 36.8. The lowest BCUT2D eigenvalue weighted by molar-refractivity contribution is -0.146. The summed E-state index contributed by atoms with van der Waals surface area (Å²) in [5, 5.41) is 19.1. The summed E-state index contributed by atoms with van der Waals surface area (Å²) in [5.74, 6) is -0.665. The molecule has 0 fully saturated rings. The minimum absolute atomic E-state index is 0.0806. The SMILES string of the molecule is CCCCCCCOc1ccc(-c2nc(-c3ccc(CC(NC(=O)c4ccc(C(C)(C)C)cc4)C(=O)NC(C)(C)C(=O)O)cc3)no2)cc1. The highest BCUT2D eigenvalue weighted by molar-refractivity contribution is 5.98. The molecular formula is C39H48N4O6. The molecule has 1 unspecified atom stereocenters. The fourth-order valence-electron chi connectivity index (χ4n) is 5.09. The van der Waals surface area contributed by atoms with E-state index in [1.807, 2.05) is 60.7 Å². The standard InChI is InChI=1S/C39H48N4O6/c1-7-8-9-10-11-24-48-31-22-18-29(19-23-31)36-41-33(43-49-36)27-14-12-26(13-15-27)25-32(35(45)42-39(5,6)37(46)47)40-34(44)28-16-20-30(21-17-28)38(2,3)4/h12-23,32H,7-11,24-25H2,1-6H3,(H,40,44)(H,42,45)(H,46,47). The minimum Gasteiger partial charge on any atom is -0.494 e. The second-order valence-corrected chi connectivity index (χ2v) is 13.9. The number of benzene rings is 3. The summed E-state index contributed by atoms with van der Waals surface area (Å²) >= 11 is 0. The average molecular weight is 669 g/mol. The topological polar surface area (TPSA) is 144 Å². The van der Waals surface area contributed by atoms with E-state index in [0.29, 0.717) is 29.4 Å². The third kappa shape index (κ3) is 10.5. The van der Waals surface area contributed by atoms with Gasteiger partial charge in [-0.3, -0.25) is 9.59 Å². The normalized spacial score (nSPS) is 12.3. The van der Waals surface area contributed by atoms with Crippen molar-refractivity contribution in [3.05, 3.63) is 89.5 Å². The van der Waals surface area contributed by atoms with Gasteiger partial charge in [-0.25, -0.2) is 4.79 Å². The van der Waals surface area contributed by atoms with Gasteiger partial charge in [0.25, 0.3) is 11.8 Å². The molecule has 4 rings (SSSR count). The maximum absolute atomic E-state index is 13.3. The highest BCUT2D eigenvalue weighted by Gasteiger charge is 2.33. The minimum atomic E-state index is -1.53. The molecule has 3 N–H and O–H groups in total. The van der Waals surface area contributed by atoms with Crippen LogP contribution >= 0.6 is 0 Å². The van der Waals surface area contributed by atoms with Crippen molar-refractivity contribution in [1.82, 2.24) is 20.8 Å². The van der Waals surface area contributed by atoms with E-state index in [0.717, 1.165) is 28.9 Å². The Bertz CT molecular complexity index is 1690. The van der Waals surface area contributed by atoms with Crippen molar-refractivity contribution in [3.8, 4) is 28.6 Å². The first-order chi connectivity index (χ1) is 23.3. The molecule has 1 atom stereocenters. The molecule has 0 saturated heterocycles. The number of carboxylic acid groups (broad SMARTS) is 1. The van der Waals surface area contributed by atoms with Crippen molar-refractivity contribution < 1.29 is 28.8 Å². The van der Waals surface area contributed by atoms with Crippen LogP contribution in [0.2, 0.25) is 0 Å². The van der Waals surface area contributed by atoms with Gasteiger partial charge in [0.1, 0.15) is 17.3 Å². The zero-order valence-corrected chi connectivity index (χ0v) is 29.3. The number of aliphatic carboxylic acids is 1. The van der Waals surface area contributed by atoms with Gasteiger partial charge in [0.15, 0.2) is 0 Å². The van der Waals surface area contributed by atoms with Crippen LogP contribution in [0.1, 0.15) is 95.1 Å². The Morgan fingerprint density at radius 3 is 2.08 bits per heavy atom. The number of carbonyl (C=O) groups excluding carboxylic acids is 2. The van der Waals surface area contributed by atoms with Crippen molar-refractivity contribution in [2.45, 2.75) is 97.1 Å². The number of nitrogens with one attached hydrogen (secondary N) is 2. The maximum atomic E-state index is 13.3. The Morgan fingerprint density at radius 1 is 0.837 bits per heavy atom. The molecule has 260 valence electrons. The third-order valence-corrected chi connectivity index (χ3v) is 8.30. The molecule has 0 spiro atoms. The predicted molar refractivity (Wildman–Crippen MR) is 189 cm³/mol. The fourth-order valence-corrected chi connectivity index (χ4v) is 5.09. The molecule has 0 radical (unpaired) electrons. The van der Waals surface area contributed by atoms with Gasteiger partial charge in [0.2, 0.25) is 11.7 Å². The zero-order valence-electron chi connectivity index (χ0n) is 29.3. The number of carboxylic acids is 1. The number of carbonyl (C=O) groups is 3. The van der Waals surface area contributed by atoms with Crippen LogP contribution < -0.4 is 15.4 Å². The first-order valence-corrected chi connectivity index (χ1v) is 16.9. The molecule has 1 heterocycles. The number of hydrogen-bond acceptors (Lipinski definition) is 7. The lowest BCUT2D eigenvalue weighted by Gasteiger charge is -2.26. The maximum Gasteiger partial charge on any atom is 0.328 e. The van der Waals surface area contributed by atoms with Gasteiger partial charge < -0.3 is 25.0 Å². The zero-order chi connectivity index (χ0) is 35.6. The van der Waals surface area contributed by atoms with Crippen LogP contribution in [0.4, 0.5) is 0 Å². The lowest BCUT2D eigenvalue weighted by atomic mass is 9.86.